The van der Waals surface area contributed by atoms with Gasteiger partial charge in [0.25, 0.3) is 0 Å². The second-order valence-electron chi connectivity index (χ2n) is 10.3. The van der Waals surface area contributed by atoms with Gasteiger partial charge >= 0.3 is 6.09 Å². The number of amidine groups is 1. The maximum Gasteiger partial charge on any atom is 0.409 e. The molecule has 0 saturated heterocycles. The number of amides is 1. The van der Waals surface area contributed by atoms with Gasteiger partial charge in [0, 0.05) is 34.5 Å². The zero-order valence-corrected chi connectivity index (χ0v) is 19.5. The van der Waals surface area contributed by atoms with Gasteiger partial charge in [0.15, 0.2) is 5.78 Å². The molecule has 1 amide bonds. The van der Waals surface area contributed by atoms with Gasteiger partial charge in [-0.3, -0.25) is 15.5 Å². The first-order chi connectivity index (χ1) is 14.7. The smallest absolute Gasteiger partial charge is 0.409 e. The Hall–Kier alpha value is -3.35. The lowest BCUT2D eigenvalue weighted by Gasteiger charge is -2.28. The van der Waals surface area contributed by atoms with Gasteiger partial charge in [0.05, 0.1) is 6.54 Å². The fourth-order valence-electron chi connectivity index (χ4n) is 3.93. The van der Waals surface area contributed by atoms with Crippen LogP contribution in [-0.2, 0) is 17.4 Å². The molecule has 0 aliphatic carbocycles. The molecular formula is C25H31N3O4. The standard InChI is InChI=1S/C25H31N3O4/c1-24(2,3)18-9-15(10-19(21(18)30)25(4,5)6)20(29)13-28-12-14-7-8-16(27-23(31)32)11-17(14)22(28)26/h7-11,26-27,30H,12-13H2,1-6H3,(H,31,32). The van der Waals surface area contributed by atoms with Crippen molar-refractivity contribution >= 4 is 23.4 Å². The fraction of sp³-hybridized carbons (Fsp3) is 0.400. The number of ketones is 1. The van der Waals surface area contributed by atoms with E-state index in [-0.39, 0.29) is 34.7 Å². The van der Waals surface area contributed by atoms with Crippen molar-refractivity contribution in [3.05, 3.63) is 58.1 Å². The molecule has 7 heteroatoms. The van der Waals surface area contributed by atoms with Gasteiger partial charge in [0.2, 0.25) is 0 Å². The van der Waals surface area contributed by atoms with Gasteiger partial charge in [-0.25, -0.2) is 4.79 Å². The summed E-state index contributed by atoms with van der Waals surface area (Å²) in [7, 11) is 0. The molecule has 0 atom stereocenters. The molecule has 0 spiro atoms. The summed E-state index contributed by atoms with van der Waals surface area (Å²) in [5.41, 5.74) is 3.13. The highest BCUT2D eigenvalue weighted by Gasteiger charge is 2.30. The topological polar surface area (TPSA) is 114 Å². The van der Waals surface area contributed by atoms with E-state index < -0.39 is 6.09 Å². The van der Waals surface area contributed by atoms with E-state index in [1.165, 1.54) is 0 Å². The van der Waals surface area contributed by atoms with Crippen molar-refractivity contribution in [2.24, 2.45) is 0 Å². The SMILES string of the molecule is CC(C)(C)c1cc(C(=O)CN2Cc3ccc(NC(=O)O)cc3C2=N)cc(C(C)(C)C)c1O. The van der Waals surface area contributed by atoms with Crippen LogP contribution in [0.4, 0.5) is 10.5 Å². The summed E-state index contributed by atoms with van der Waals surface area (Å²) in [5, 5.41) is 30.6. The second kappa shape index (κ2) is 7.97. The van der Waals surface area contributed by atoms with Crippen molar-refractivity contribution < 1.29 is 19.8 Å². The highest BCUT2D eigenvalue weighted by molar-refractivity contribution is 6.06. The lowest BCUT2D eigenvalue weighted by Crippen LogP contribution is -2.30. The van der Waals surface area contributed by atoms with E-state index in [0.717, 1.165) is 16.7 Å². The molecule has 0 saturated carbocycles. The molecule has 4 N–H and O–H groups in total. The van der Waals surface area contributed by atoms with Crippen LogP contribution in [0.25, 0.3) is 0 Å². The Balaban J connectivity index is 1.90. The molecule has 0 radical (unpaired) electrons. The number of rotatable bonds is 4. The van der Waals surface area contributed by atoms with Crippen LogP contribution in [0.15, 0.2) is 30.3 Å². The van der Waals surface area contributed by atoms with Crippen molar-refractivity contribution in [3.63, 3.8) is 0 Å². The molecule has 170 valence electrons. The molecular weight excluding hydrogens is 406 g/mol. The Morgan fingerprint density at radius 3 is 2.09 bits per heavy atom. The number of carboxylic acid groups (broad SMARTS) is 1. The van der Waals surface area contributed by atoms with Gasteiger partial charge in [0.1, 0.15) is 11.6 Å². The number of benzene rings is 2. The van der Waals surface area contributed by atoms with Crippen molar-refractivity contribution in [1.29, 1.82) is 5.41 Å². The molecule has 1 aliphatic rings. The van der Waals surface area contributed by atoms with E-state index >= 15 is 0 Å². The number of nitrogens with zero attached hydrogens (tertiary/aromatic N) is 1. The number of hydrogen-bond donors (Lipinski definition) is 4. The number of Topliss-reactive ketones (excluding diaryl/α,β-unsaturated/α-hetero) is 1. The van der Waals surface area contributed by atoms with Crippen LogP contribution in [0.5, 0.6) is 5.75 Å². The molecule has 0 bridgehead atoms. The monoisotopic (exact) mass is 437 g/mol. The maximum absolute atomic E-state index is 13.3. The van der Waals surface area contributed by atoms with Crippen LogP contribution in [0.3, 0.4) is 0 Å². The molecule has 1 heterocycles. The third-order valence-corrected chi connectivity index (χ3v) is 5.68. The molecule has 0 unspecified atom stereocenters. The third kappa shape index (κ3) is 4.61. The summed E-state index contributed by atoms with van der Waals surface area (Å²) in [6.07, 6.45) is -1.17. The number of aromatic hydroxyl groups is 1. The van der Waals surface area contributed by atoms with Gasteiger partial charge in [-0.05, 0) is 40.7 Å². The Labute approximate surface area is 188 Å². The summed E-state index contributed by atoms with van der Waals surface area (Å²) in [6, 6.07) is 8.56. The number of fused-ring (bicyclic) bond motifs is 1. The van der Waals surface area contributed by atoms with Crippen LogP contribution in [0, 0.1) is 5.41 Å². The molecule has 0 fully saturated rings. The van der Waals surface area contributed by atoms with Crippen LogP contribution in [0.1, 0.15) is 74.2 Å². The average Bonchev–Trinajstić information content (AvgIpc) is 2.95. The molecule has 7 nitrogen and oxygen atoms in total. The number of phenolic OH excluding ortho intramolecular Hbond substituents is 1. The quantitative estimate of drug-likeness (QED) is 0.497. The van der Waals surface area contributed by atoms with Crippen LogP contribution < -0.4 is 5.32 Å². The first kappa shape index (κ1) is 23.3. The van der Waals surface area contributed by atoms with E-state index in [9.17, 15) is 14.7 Å². The number of phenols is 1. The van der Waals surface area contributed by atoms with E-state index in [4.69, 9.17) is 10.5 Å². The van der Waals surface area contributed by atoms with Crippen LogP contribution in [-0.4, -0.2) is 39.4 Å². The first-order valence-electron chi connectivity index (χ1n) is 10.6. The molecule has 3 rings (SSSR count). The number of carbonyl (C=O) groups excluding carboxylic acids is 1. The van der Waals surface area contributed by atoms with E-state index in [0.29, 0.717) is 23.4 Å². The highest BCUT2D eigenvalue weighted by Crippen LogP contribution is 2.40. The van der Waals surface area contributed by atoms with Gasteiger partial charge in [-0.15, -0.1) is 0 Å². The summed E-state index contributed by atoms with van der Waals surface area (Å²) in [6.45, 7) is 12.4. The summed E-state index contributed by atoms with van der Waals surface area (Å²) >= 11 is 0. The Morgan fingerprint density at radius 1 is 1.03 bits per heavy atom. The van der Waals surface area contributed by atoms with Crippen molar-refractivity contribution in [2.45, 2.75) is 58.9 Å². The highest BCUT2D eigenvalue weighted by atomic mass is 16.4. The van der Waals surface area contributed by atoms with Crippen LogP contribution in [0.2, 0.25) is 0 Å². The van der Waals surface area contributed by atoms with Gasteiger partial charge in [-0.1, -0.05) is 47.6 Å². The molecule has 2 aromatic carbocycles. The van der Waals surface area contributed by atoms with E-state index in [2.05, 4.69) is 5.32 Å². The van der Waals surface area contributed by atoms with Gasteiger partial charge < -0.3 is 15.1 Å². The predicted octanol–water partition coefficient (Wildman–Crippen LogP) is 5.10. The average molecular weight is 438 g/mol. The number of hydrogen-bond acceptors (Lipinski definition) is 4. The summed E-state index contributed by atoms with van der Waals surface area (Å²) in [5.74, 6) is 0.275. The Kier molecular flexibility index (Phi) is 5.80. The predicted molar refractivity (Wildman–Crippen MR) is 125 cm³/mol. The maximum atomic E-state index is 13.3. The molecule has 2 aromatic rings. The lowest BCUT2D eigenvalue weighted by molar-refractivity contribution is 0.0962. The number of carbonyl (C=O) groups is 2. The van der Waals surface area contributed by atoms with Crippen molar-refractivity contribution in [2.75, 3.05) is 11.9 Å². The number of anilines is 1. The van der Waals surface area contributed by atoms with E-state index in [1.54, 1.807) is 35.2 Å². The summed E-state index contributed by atoms with van der Waals surface area (Å²) in [4.78, 5) is 25.8. The summed E-state index contributed by atoms with van der Waals surface area (Å²) < 4.78 is 0. The molecule has 32 heavy (non-hydrogen) atoms. The molecule has 1 aliphatic heterocycles. The Bertz CT molecular complexity index is 1070. The van der Waals surface area contributed by atoms with E-state index in [1.807, 2.05) is 41.5 Å². The van der Waals surface area contributed by atoms with Crippen molar-refractivity contribution in [1.82, 2.24) is 4.90 Å². The largest absolute Gasteiger partial charge is 0.507 e. The fourth-order valence-corrected chi connectivity index (χ4v) is 3.93. The van der Waals surface area contributed by atoms with Crippen molar-refractivity contribution in [3.8, 4) is 5.75 Å². The Morgan fingerprint density at radius 2 is 1.59 bits per heavy atom. The number of nitrogens with one attached hydrogen (secondary N) is 2. The second-order valence-corrected chi connectivity index (χ2v) is 10.3. The zero-order chi connectivity index (χ0) is 24.0. The molecule has 0 aromatic heterocycles. The minimum Gasteiger partial charge on any atom is -0.507 e. The first-order valence-corrected chi connectivity index (χ1v) is 10.6. The minimum atomic E-state index is -1.17. The zero-order valence-electron chi connectivity index (χ0n) is 19.5. The third-order valence-electron chi connectivity index (χ3n) is 5.68. The van der Waals surface area contributed by atoms with Gasteiger partial charge in [-0.2, -0.15) is 0 Å². The minimum absolute atomic E-state index is 0.0210. The van der Waals surface area contributed by atoms with Crippen LogP contribution >= 0.6 is 0 Å². The normalized spacial score (nSPS) is 13.8. The lowest BCUT2D eigenvalue weighted by atomic mass is 9.78.